The van der Waals surface area contributed by atoms with Crippen molar-refractivity contribution in [3.63, 3.8) is 0 Å². The molecule has 0 unspecified atom stereocenters. The van der Waals surface area contributed by atoms with E-state index in [1.165, 1.54) is 11.0 Å². The molecular weight excluding hydrogens is 338 g/mol. The van der Waals surface area contributed by atoms with E-state index in [9.17, 15) is 4.79 Å². The average Bonchev–Trinajstić information content (AvgIpc) is 3.41. The molecule has 8 nitrogen and oxygen atoms in total. The molecule has 0 aliphatic heterocycles. The third kappa shape index (κ3) is 3.31. The third-order valence-corrected chi connectivity index (χ3v) is 4.27. The minimum absolute atomic E-state index is 0.245. The summed E-state index contributed by atoms with van der Waals surface area (Å²) < 4.78 is 1.68. The van der Waals surface area contributed by atoms with Crippen LogP contribution in [0.4, 0.5) is 0 Å². The van der Waals surface area contributed by atoms with Crippen LogP contribution in [0.25, 0.3) is 10.7 Å². The first kappa shape index (κ1) is 15.2. The number of hydrogen-bond acceptors (Lipinski definition) is 6. The molecule has 1 amide bonds. The molecular formula is C16H13N7OS. The van der Waals surface area contributed by atoms with Gasteiger partial charge < -0.3 is 5.32 Å². The van der Waals surface area contributed by atoms with E-state index in [1.807, 2.05) is 47.8 Å². The lowest BCUT2D eigenvalue weighted by atomic mass is 10.3. The first-order valence-corrected chi connectivity index (χ1v) is 8.38. The van der Waals surface area contributed by atoms with Crippen LogP contribution >= 0.6 is 11.3 Å². The summed E-state index contributed by atoms with van der Waals surface area (Å²) in [7, 11) is 0. The van der Waals surface area contributed by atoms with Crippen molar-refractivity contribution >= 4 is 17.2 Å². The minimum Gasteiger partial charge on any atom is -0.345 e. The lowest BCUT2D eigenvalue weighted by Crippen LogP contribution is -2.23. The molecule has 4 aromatic rings. The summed E-state index contributed by atoms with van der Waals surface area (Å²) in [5.74, 6) is -0.312. The van der Waals surface area contributed by atoms with Crippen LogP contribution in [0.1, 0.15) is 16.2 Å². The Kier molecular flexibility index (Phi) is 4.05. The number of benzene rings is 1. The molecule has 0 spiro atoms. The number of amides is 1. The lowest BCUT2D eigenvalue weighted by molar-refractivity contribution is 0.0945. The van der Waals surface area contributed by atoms with Gasteiger partial charge in [-0.05, 0) is 29.6 Å². The lowest BCUT2D eigenvalue weighted by Gasteiger charge is -1.99. The van der Waals surface area contributed by atoms with Gasteiger partial charge in [0, 0.05) is 0 Å². The van der Waals surface area contributed by atoms with E-state index in [1.54, 1.807) is 22.2 Å². The second kappa shape index (κ2) is 6.65. The number of aromatic nitrogens is 6. The Morgan fingerprint density at radius 2 is 2.04 bits per heavy atom. The Bertz CT molecular complexity index is 975. The number of carbonyl (C=O) groups is 1. The highest BCUT2D eigenvalue weighted by Crippen LogP contribution is 2.13. The zero-order valence-electron chi connectivity index (χ0n) is 13.0. The number of nitrogens with zero attached hydrogens (tertiary/aromatic N) is 6. The number of nitrogens with one attached hydrogen (secondary N) is 1. The zero-order valence-corrected chi connectivity index (χ0v) is 13.8. The largest absolute Gasteiger partial charge is 0.345 e. The molecule has 0 atom stereocenters. The van der Waals surface area contributed by atoms with Crippen molar-refractivity contribution in [2.45, 2.75) is 6.54 Å². The second-order valence-electron chi connectivity index (χ2n) is 5.14. The molecule has 0 aliphatic carbocycles. The van der Waals surface area contributed by atoms with E-state index in [0.717, 1.165) is 10.7 Å². The van der Waals surface area contributed by atoms with Crippen LogP contribution in [0.2, 0.25) is 0 Å². The van der Waals surface area contributed by atoms with Gasteiger partial charge >= 0.3 is 0 Å². The van der Waals surface area contributed by atoms with Crippen LogP contribution in [0.15, 0.2) is 60.2 Å². The van der Waals surface area contributed by atoms with E-state index >= 15 is 0 Å². The molecule has 0 fully saturated rings. The minimum atomic E-state index is -0.312. The van der Waals surface area contributed by atoms with E-state index in [-0.39, 0.29) is 18.1 Å². The summed E-state index contributed by atoms with van der Waals surface area (Å²) in [6, 6.07) is 13.3. The highest BCUT2D eigenvalue weighted by Gasteiger charge is 2.12. The number of para-hydroxylation sites is 1. The maximum Gasteiger partial charge on any atom is 0.273 e. The first-order valence-electron chi connectivity index (χ1n) is 7.51. The normalized spacial score (nSPS) is 10.7. The summed E-state index contributed by atoms with van der Waals surface area (Å²) in [5.41, 5.74) is 1.70. The van der Waals surface area contributed by atoms with Gasteiger partial charge in [0.1, 0.15) is 10.7 Å². The molecule has 0 aliphatic rings. The molecule has 4 rings (SSSR count). The van der Waals surface area contributed by atoms with Crippen molar-refractivity contribution in [2.24, 2.45) is 0 Å². The van der Waals surface area contributed by atoms with Crippen LogP contribution in [-0.4, -0.2) is 35.9 Å². The molecule has 1 aromatic carbocycles. The number of carbonyl (C=O) groups excluding carboxylic acids is 1. The summed E-state index contributed by atoms with van der Waals surface area (Å²) >= 11 is 1.56. The van der Waals surface area contributed by atoms with E-state index in [4.69, 9.17) is 0 Å². The van der Waals surface area contributed by atoms with Gasteiger partial charge in [0.05, 0.1) is 24.6 Å². The predicted molar refractivity (Wildman–Crippen MR) is 91.8 cm³/mol. The Hall–Kier alpha value is -3.33. The fourth-order valence-corrected chi connectivity index (χ4v) is 2.85. The molecule has 3 aromatic heterocycles. The molecule has 0 radical (unpaired) electrons. The van der Waals surface area contributed by atoms with E-state index in [0.29, 0.717) is 5.69 Å². The molecule has 0 saturated carbocycles. The van der Waals surface area contributed by atoms with E-state index < -0.39 is 0 Å². The van der Waals surface area contributed by atoms with Crippen molar-refractivity contribution in [1.82, 2.24) is 35.3 Å². The summed E-state index contributed by atoms with van der Waals surface area (Å²) in [5, 5.41) is 22.1. The van der Waals surface area contributed by atoms with Crippen LogP contribution in [-0.2, 0) is 6.54 Å². The quantitative estimate of drug-likeness (QED) is 0.592. The highest BCUT2D eigenvalue weighted by atomic mass is 32.1. The van der Waals surface area contributed by atoms with Crippen molar-refractivity contribution in [2.75, 3.05) is 0 Å². The van der Waals surface area contributed by atoms with Gasteiger partial charge in [-0.25, -0.2) is 4.68 Å². The Morgan fingerprint density at radius 3 is 2.84 bits per heavy atom. The molecule has 124 valence electrons. The van der Waals surface area contributed by atoms with Crippen LogP contribution < -0.4 is 5.32 Å². The smallest absolute Gasteiger partial charge is 0.273 e. The van der Waals surface area contributed by atoms with Gasteiger partial charge in [-0.15, -0.1) is 21.5 Å². The van der Waals surface area contributed by atoms with Gasteiger partial charge in [-0.3, -0.25) is 4.79 Å². The number of thiophene rings is 1. The standard InChI is InChI=1S/C16H13N7OS/c24-16(14-10-18-23(20-14)13-5-2-1-3-6-13)17-9-12-11-22(21-19-12)15-7-4-8-25-15/h1-8,10-11H,9H2,(H,17,24). The maximum absolute atomic E-state index is 12.2. The summed E-state index contributed by atoms with van der Waals surface area (Å²) in [6.45, 7) is 0.266. The molecule has 25 heavy (non-hydrogen) atoms. The Balaban J connectivity index is 1.40. The van der Waals surface area contributed by atoms with Crippen LogP contribution in [0, 0.1) is 0 Å². The molecule has 0 saturated heterocycles. The molecule has 3 heterocycles. The monoisotopic (exact) mass is 351 g/mol. The molecule has 1 N–H and O–H groups in total. The second-order valence-corrected chi connectivity index (χ2v) is 6.07. The van der Waals surface area contributed by atoms with Crippen molar-refractivity contribution in [3.05, 3.63) is 71.6 Å². The van der Waals surface area contributed by atoms with E-state index in [2.05, 4.69) is 25.8 Å². The van der Waals surface area contributed by atoms with Crippen molar-refractivity contribution in [1.29, 1.82) is 0 Å². The maximum atomic E-state index is 12.2. The SMILES string of the molecule is O=C(NCc1cn(-c2cccs2)nn1)c1cnn(-c2ccccc2)n1. The van der Waals surface area contributed by atoms with Crippen molar-refractivity contribution < 1.29 is 4.79 Å². The van der Waals surface area contributed by atoms with Crippen LogP contribution in [0.5, 0.6) is 0 Å². The third-order valence-electron chi connectivity index (χ3n) is 3.41. The Morgan fingerprint density at radius 1 is 1.16 bits per heavy atom. The van der Waals surface area contributed by atoms with Gasteiger partial charge in [-0.1, -0.05) is 23.4 Å². The topological polar surface area (TPSA) is 90.5 Å². The van der Waals surface area contributed by atoms with Crippen LogP contribution in [0.3, 0.4) is 0 Å². The highest BCUT2D eigenvalue weighted by molar-refractivity contribution is 7.12. The first-order chi connectivity index (χ1) is 12.3. The number of hydrogen-bond donors (Lipinski definition) is 1. The Labute approximate surface area is 146 Å². The zero-order chi connectivity index (χ0) is 17.1. The summed E-state index contributed by atoms with van der Waals surface area (Å²) in [6.07, 6.45) is 3.22. The fourth-order valence-electron chi connectivity index (χ4n) is 2.20. The van der Waals surface area contributed by atoms with Gasteiger partial charge in [0.2, 0.25) is 0 Å². The summed E-state index contributed by atoms with van der Waals surface area (Å²) in [4.78, 5) is 13.6. The molecule has 0 bridgehead atoms. The van der Waals surface area contributed by atoms with Gasteiger partial charge in [0.25, 0.3) is 5.91 Å². The molecule has 9 heteroatoms. The van der Waals surface area contributed by atoms with Gasteiger partial charge in [-0.2, -0.15) is 9.90 Å². The number of rotatable bonds is 5. The van der Waals surface area contributed by atoms with Crippen molar-refractivity contribution in [3.8, 4) is 10.7 Å². The van der Waals surface area contributed by atoms with Gasteiger partial charge in [0.15, 0.2) is 5.69 Å². The fraction of sp³-hybridized carbons (Fsp3) is 0.0625. The predicted octanol–water partition coefficient (Wildman–Crippen LogP) is 1.84. The average molecular weight is 351 g/mol.